The molecule has 110 valence electrons. The van der Waals surface area contributed by atoms with Gasteiger partial charge in [-0.1, -0.05) is 25.6 Å². The van der Waals surface area contributed by atoms with Crippen LogP contribution < -0.4 is 5.73 Å². The number of hydrogen-bond donors (Lipinski definition) is 1. The van der Waals surface area contributed by atoms with Gasteiger partial charge >= 0.3 is 0 Å². The number of hydrogen-bond acceptors (Lipinski definition) is 4. The van der Waals surface area contributed by atoms with Crippen molar-refractivity contribution in [2.24, 2.45) is 5.73 Å². The molecule has 1 saturated heterocycles. The van der Waals surface area contributed by atoms with E-state index in [2.05, 4.69) is 11.8 Å². The lowest BCUT2D eigenvalue weighted by molar-refractivity contribution is -0.137. The van der Waals surface area contributed by atoms with Crippen LogP contribution in [0.15, 0.2) is 0 Å². The predicted molar refractivity (Wildman–Crippen MR) is 80.1 cm³/mol. The molecule has 0 aromatic carbocycles. The van der Waals surface area contributed by atoms with Gasteiger partial charge < -0.3 is 15.4 Å². The number of thiocarbonyl (C=S) groups is 1. The van der Waals surface area contributed by atoms with Crippen LogP contribution >= 0.6 is 12.2 Å². The monoisotopic (exact) mass is 287 g/mol. The van der Waals surface area contributed by atoms with Gasteiger partial charge in [0.2, 0.25) is 5.91 Å². The van der Waals surface area contributed by atoms with E-state index in [0.717, 1.165) is 39.0 Å². The summed E-state index contributed by atoms with van der Waals surface area (Å²) in [5, 5.41) is 0. The van der Waals surface area contributed by atoms with Gasteiger partial charge in [0.05, 0.1) is 11.0 Å². The van der Waals surface area contributed by atoms with Crippen LogP contribution in [0, 0.1) is 0 Å². The van der Waals surface area contributed by atoms with Crippen LogP contribution in [0.5, 0.6) is 0 Å². The van der Waals surface area contributed by atoms with Gasteiger partial charge in [-0.2, -0.15) is 0 Å². The summed E-state index contributed by atoms with van der Waals surface area (Å²) in [6, 6.07) is 0.171. The zero-order chi connectivity index (χ0) is 14.3. The first-order valence-corrected chi connectivity index (χ1v) is 7.39. The van der Waals surface area contributed by atoms with E-state index in [1.807, 2.05) is 11.8 Å². The first kappa shape index (κ1) is 16.3. The van der Waals surface area contributed by atoms with E-state index < -0.39 is 0 Å². The number of carbonyl (C=O) groups is 1. The molecule has 1 heterocycles. The standard InChI is InChI=1S/C13H25N3O2S/c1-3-5-11(13(14)19)15-6-8-16(9-7-15)12(17)10-18-4-2/h11H,3-10H2,1-2H3,(H2,14,19). The summed E-state index contributed by atoms with van der Waals surface area (Å²) in [6.45, 7) is 7.91. The molecule has 1 aliphatic heterocycles. The van der Waals surface area contributed by atoms with Gasteiger partial charge in [0.1, 0.15) is 6.61 Å². The van der Waals surface area contributed by atoms with Crippen LogP contribution in [0.2, 0.25) is 0 Å². The quantitative estimate of drug-likeness (QED) is 0.696. The maximum Gasteiger partial charge on any atom is 0.248 e. The largest absolute Gasteiger partial charge is 0.392 e. The van der Waals surface area contributed by atoms with Gasteiger partial charge in [0.25, 0.3) is 0 Å². The van der Waals surface area contributed by atoms with E-state index in [-0.39, 0.29) is 18.6 Å². The topological polar surface area (TPSA) is 58.8 Å². The lowest BCUT2D eigenvalue weighted by atomic mass is 10.1. The molecule has 2 N–H and O–H groups in total. The number of ether oxygens (including phenoxy) is 1. The van der Waals surface area contributed by atoms with E-state index in [4.69, 9.17) is 22.7 Å². The summed E-state index contributed by atoms with van der Waals surface area (Å²) >= 11 is 5.14. The normalized spacial score (nSPS) is 18.3. The Kier molecular flexibility index (Phi) is 7.27. The second-order valence-electron chi connectivity index (χ2n) is 4.76. The Morgan fingerprint density at radius 1 is 1.32 bits per heavy atom. The third-order valence-corrected chi connectivity index (χ3v) is 3.70. The minimum atomic E-state index is 0.0730. The molecule has 0 saturated carbocycles. The molecule has 5 nitrogen and oxygen atoms in total. The number of rotatable bonds is 7. The maximum atomic E-state index is 11.8. The Morgan fingerprint density at radius 3 is 2.42 bits per heavy atom. The molecule has 0 aromatic heterocycles. The summed E-state index contributed by atoms with van der Waals surface area (Å²) < 4.78 is 5.15. The minimum absolute atomic E-state index is 0.0730. The number of carbonyl (C=O) groups excluding carboxylic acids is 1. The average molecular weight is 287 g/mol. The molecule has 1 atom stereocenters. The summed E-state index contributed by atoms with van der Waals surface area (Å²) in [5.74, 6) is 0.0730. The van der Waals surface area contributed by atoms with Crippen LogP contribution in [-0.2, 0) is 9.53 Å². The van der Waals surface area contributed by atoms with E-state index in [1.165, 1.54) is 0 Å². The molecule has 1 unspecified atom stereocenters. The summed E-state index contributed by atoms with van der Waals surface area (Å²) in [6.07, 6.45) is 2.05. The molecule has 1 fully saturated rings. The lowest BCUT2D eigenvalue weighted by Gasteiger charge is -2.38. The number of nitrogens with two attached hydrogens (primary N) is 1. The molecule has 0 radical (unpaired) electrons. The molecule has 19 heavy (non-hydrogen) atoms. The van der Waals surface area contributed by atoms with Gasteiger partial charge in [-0.25, -0.2) is 0 Å². The van der Waals surface area contributed by atoms with Crippen molar-refractivity contribution < 1.29 is 9.53 Å². The van der Waals surface area contributed by atoms with Crippen LogP contribution in [0.3, 0.4) is 0 Å². The highest BCUT2D eigenvalue weighted by Crippen LogP contribution is 2.12. The van der Waals surface area contributed by atoms with Crippen LogP contribution in [0.25, 0.3) is 0 Å². The van der Waals surface area contributed by atoms with Gasteiger partial charge in [-0.05, 0) is 13.3 Å². The zero-order valence-electron chi connectivity index (χ0n) is 11.9. The van der Waals surface area contributed by atoms with Gasteiger partial charge in [-0.3, -0.25) is 9.69 Å². The Labute approximate surface area is 121 Å². The van der Waals surface area contributed by atoms with Gasteiger partial charge in [0.15, 0.2) is 0 Å². The van der Waals surface area contributed by atoms with Crippen molar-refractivity contribution in [2.45, 2.75) is 32.7 Å². The van der Waals surface area contributed by atoms with E-state index in [9.17, 15) is 4.79 Å². The molecule has 1 aliphatic rings. The van der Waals surface area contributed by atoms with Gasteiger partial charge in [0, 0.05) is 32.8 Å². The van der Waals surface area contributed by atoms with Crippen molar-refractivity contribution >= 4 is 23.1 Å². The van der Waals surface area contributed by atoms with Crippen molar-refractivity contribution in [2.75, 3.05) is 39.4 Å². The summed E-state index contributed by atoms with van der Waals surface area (Å²) in [5.41, 5.74) is 5.80. The molecule has 0 spiro atoms. The SMILES string of the molecule is CCCC(C(N)=S)N1CCN(C(=O)COCC)CC1. The molecule has 6 heteroatoms. The Bertz CT molecular complexity index is 304. The van der Waals surface area contributed by atoms with Gasteiger partial charge in [-0.15, -0.1) is 0 Å². The van der Waals surface area contributed by atoms with Crippen molar-refractivity contribution in [3.05, 3.63) is 0 Å². The highest BCUT2D eigenvalue weighted by Gasteiger charge is 2.26. The Balaban J connectivity index is 2.42. The highest BCUT2D eigenvalue weighted by molar-refractivity contribution is 7.80. The van der Waals surface area contributed by atoms with Crippen molar-refractivity contribution in [3.63, 3.8) is 0 Å². The molecule has 1 amide bonds. The third-order valence-electron chi connectivity index (χ3n) is 3.43. The fourth-order valence-corrected chi connectivity index (χ4v) is 2.61. The lowest BCUT2D eigenvalue weighted by Crippen LogP contribution is -2.55. The van der Waals surface area contributed by atoms with E-state index >= 15 is 0 Å². The first-order chi connectivity index (χ1) is 9.10. The molecule has 1 rings (SSSR count). The smallest absolute Gasteiger partial charge is 0.248 e. The Morgan fingerprint density at radius 2 is 1.95 bits per heavy atom. The van der Waals surface area contributed by atoms with E-state index in [0.29, 0.717) is 11.6 Å². The van der Waals surface area contributed by atoms with E-state index in [1.54, 1.807) is 0 Å². The third kappa shape index (κ3) is 5.04. The predicted octanol–water partition coefficient (Wildman–Crippen LogP) is 0.622. The molecule has 0 aliphatic carbocycles. The average Bonchev–Trinajstić information content (AvgIpc) is 2.42. The summed E-state index contributed by atoms with van der Waals surface area (Å²) in [4.78, 5) is 16.5. The van der Waals surface area contributed by atoms with Crippen LogP contribution in [-0.4, -0.2) is 66.1 Å². The second-order valence-corrected chi connectivity index (χ2v) is 5.23. The highest BCUT2D eigenvalue weighted by atomic mass is 32.1. The molecular formula is C13H25N3O2S. The molecule has 0 aromatic rings. The maximum absolute atomic E-state index is 11.8. The minimum Gasteiger partial charge on any atom is -0.392 e. The Hall–Kier alpha value is -0.720. The molecular weight excluding hydrogens is 262 g/mol. The summed E-state index contributed by atoms with van der Waals surface area (Å²) in [7, 11) is 0. The van der Waals surface area contributed by atoms with Crippen molar-refractivity contribution in [1.29, 1.82) is 0 Å². The molecule has 0 bridgehead atoms. The number of nitrogens with zero attached hydrogens (tertiary/aromatic N) is 2. The fraction of sp³-hybridized carbons (Fsp3) is 0.846. The zero-order valence-corrected chi connectivity index (χ0v) is 12.7. The van der Waals surface area contributed by atoms with Crippen LogP contribution in [0.1, 0.15) is 26.7 Å². The fourth-order valence-electron chi connectivity index (χ4n) is 2.34. The number of amides is 1. The second kappa shape index (κ2) is 8.45. The number of piperazine rings is 1. The van der Waals surface area contributed by atoms with Crippen LogP contribution in [0.4, 0.5) is 0 Å². The first-order valence-electron chi connectivity index (χ1n) is 6.99. The van der Waals surface area contributed by atoms with Crippen molar-refractivity contribution in [1.82, 2.24) is 9.80 Å². The van der Waals surface area contributed by atoms with Crippen molar-refractivity contribution in [3.8, 4) is 0 Å².